The second-order valence-corrected chi connectivity index (χ2v) is 10.1. The van der Waals surface area contributed by atoms with Crippen LogP contribution in [0.3, 0.4) is 0 Å². The summed E-state index contributed by atoms with van der Waals surface area (Å²) in [5.74, 6) is -1.72. The van der Waals surface area contributed by atoms with Crippen LogP contribution in [0.1, 0.15) is 28.8 Å². The van der Waals surface area contributed by atoms with Crippen LogP contribution in [0.2, 0.25) is 5.02 Å². The summed E-state index contributed by atoms with van der Waals surface area (Å²) in [6, 6.07) is 10.1. The first-order valence-corrected chi connectivity index (χ1v) is 13.0. The van der Waals surface area contributed by atoms with Crippen LogP contribution in [-0.4, -0.2) is 62.9 Å². The van der Waals surface area contributed by atoms with Crippen molar-refractivity contribution < 1.29 is 27.9 Å². The van der Waals surface area contributed by atoms with Gasteiger partial charge < -0.3 is 15.7 Å². The molecule has 11 nitrogen and oxygen atoms in total. The summed E-state index contributed by atoms with van der Waals surface area (Å²) >= 11 is 5.76. The largest absolute Gasteiger partial charge is 0.480 e. The van der Waals surface area contributed by atoms with Gasteiger partial charge in [0.1, 0.15) is 6.04 Å². The van der Waals surface area contributed by atoms with Crippen molar-refractivity contribution in [3.63, 3.8) is 0 Å². The van der Waals surface area contributed by atoms with Crippen molar-refractivity contribution in [3.05, 3.63) is 64.7 Å². The van der Waals surface area contributed by atoms with E-state index in [1.54, 1.807) is 24.3 Å². The second kappa shape index (κ2) is 12.5. The first-order valence-electron chi connectivity index (χ1n) is 11.1. The van der Waals surface area contributed by atoms with Crippen LogP contribution >= 0.6 is 11.6 Å². The molecule has 0 bridgehead atoms. The van der Waals surface area contributed by atoms with Crippen LogP contribution in [0.15, 0.2) is 58.4 Å². The van der Waals surface area contributed by atoms with Gasteiger partial charge in [-0.3, -0.25) is 24.7 Å². The highest BCUT2D eigenvalue weighted by Crippen LogP contribution is 2.14. The minimum Gasteiger partial charge on any atom is -0.480 e. The number of nitrogens with one attached hydrogen (secondary N) is 4. The van der Waals surface area contributed by atoms with Gasteiger partial charge in [-0.15, -0.1) is 0 Å². The van der Waals surface area contributed by atoms with E-state index in [2.05, 4.69) is 25.7 Å². The number of hydrogen-bond acceptors (Lipinski definition) is 7. The minimum atomic E-state index is -4.15. The number of aliphatic carboxylic acids is 1. The molecule has 1 aliphatic heterocycles. The molecule has 192 valence electrons. The van der Waals surface area contributed by atoms with Crippen LogP contribution in [0.25, 0.3) is 0 Å². The molecule has 13 heteroatoms. The van der Waals surface area contributed by atoms with Crippen molar-refractivity contribution in [2.24, 2.45) is 4.99 Å². The number of guanidine groups is 1. The molecule has 1 atom stereocenters. The molecule has 1 heterocycles. The molecule has 2 aromatic carbocycles. The van der Waals surface area contributed by atoms with Gasteiger partial charge in [-0.25, -0.2) is 8.42 Å². The average molecular weight is 536 g/mol. The smallest absolute Gasteiger partial charge is 0.323 e. The third kappa shape index (κ3) is 8.04. The van der Waals surface area contributed by atoms with Gasteiger partial charge in [-0.05, 0) is 54.8 Å². The maximum Gasteiger partial charge on any atom is 0.323 e. The van der Waals surface area contributed by atoms with E-state index in [1.807, 2.05) is 0 Å². The molecule has 1 aliphatic rings. The molecule has 0 saturated heterocycles. The molecule has 0 spiro atoms. The number of carboxylic acids is 1. The van der Waals surface area contributed by atoms with Crippen LogP contribution in [-0.2, 0) is 26.0 Å². The Morgan fingerprint density at radius 1 is 1.08 bits per heavy atom. The SMILES string of the molecule is O=C(CCc1ccc(C(=O)NCC(NS(=O)(=O)c2ccc(Cl)cc2)C(=O)O)cc1)NC1=NCCCN1. The highest BCUT2D eigenvalue weighted by molar-refractivity contribution is 7.89. The number of carbonyl (C=O) groups is 3. The van der Waals surface area contributed by atoms with Crippen LogP contribution in [0.5, 0.6) is 0 Å². The molecule has 0 aliphatic carbocycles. The molecule has 0 aromatic heterocycles. The Labute approximate surface area is 213 Å². The summed E-state index contributed by atoms with van der Waals surface area (Å²) in [5.41, 5.74) is 1.09. The Bertz CT molecular complexity index is 1230. The average Bonchev–Trinajstić information content (AvgIpc) is 2.86. The number of carboxylic acid groups (broad SMARTS) is 1. The van der Waals surface area contributed by atoms with Crippen LogP contribution in [0, 0.1) is 0 Å². The molecule has 1 unspecified atom stereocenters. The van der Waals surface area contributed by atoms with Gasteiger partial charge in [0.25, 0.3) is 5.91 Å². The maximum absolute atomic E-state index is 12.5. The normalized spacial score (nSPS) is 14.2. The van der Waals surface area contributed by atoms with E-state index in [-0.39, 0.29) is 22.8 Å². The van der Waals surface area contributed by atoms with Gasteiger partial charge in [0.2, 0.25) is 15.9 Å². The number of carbonyl (C=O) groups excluding carboxylic acids is 2. The Morgan fingerprint density at radius 3 is 2.39 bits per heavy atom. The van der Waals surface area contributed by atoms with Gasteiger partial charge in [0.15, 0.2) is 5.96 Å². The van der Waals surface area contributed by atoms with Crippen molar-refractivity contribution in [3.8, 4) is 0 Å². The Balaban J connectivity index is 1.51. The number of benzene rings is 2. The molecular weight excluding hydrogens is 510 g/mol. The lowest BCUT2D eigenvalue weighted by Crippen LogP contribution is -2.48. The lowest BCUT2D eigenvalue weighted by molar-refractivity contribution is -0.138. The summed E-state index contributed by atoms with van der Waals surface area (Å²) in [6.07, 6.45) is 1.62. The van der Waals surface area contributed by atoms with Gasteiger partial charge in [-0.1, -0.05) is 23.7 Å². The standard InChI is InChI=1S/C23H26ClN5O6S/c24-17-7-9-18(10-8-17)36(34,35)29-19(22(32)33)14-27-21(31)16-5-2-15(3-6-16)4-11-20(30)28-23-25-12-1-13-26-23/h2-3,5-10,19,29H,1,4,11-14H2,(H,27,31)(H,32,33)(H2,25,26,28,30). The fraction of sp³-hybridized carbons (Fsp3) is 0.304. The Morgan fingerprint density at radius 2 is 1.78 bits per heavy atom. The first kappa shape index (κ1) is 27.1. The van der Waals surface area contributed by atoms with Crippen molar-refractivity contribution >= 4 is 45.4 Å². The van der Waals surface area contributed by atoms with Crippen molar-refractivity contribution in [2.45, 2.75) is 30.2 Å². The summed E-state index contributed by atoms with van der Waals surface area (Å²) in [5, 5.41) is 17.9. The topological polar surface area (TPSA) is 166 Å². The van der Waals surface area contributed by atoms with E-state index < -0.39 is 34.5 Å². The zero-order valence-electron chi connectivity index (χ0n) is 19.2. The Kier molecular flexibility index (Phi) is 9.39. The zero-order chi connectivity index (χ0) is 26.1. The number of amides is 2. The molecule has 36 heavy (non-hydrogen) atoms. The molecule has 3 rings (SSSR count). The summed E-state index contributed by atoms with van der Waals surface area (Å²) in [7, 11) is -4.15. The van der Waals surface area contributed by atoms with E-state index in [9.17, 15) is 27.9 Å². The van der Waals surface area contributed by atoms with Crippen molar-refractivity contribution in [1.82, 2.24) is 20.7 Å². The lowest BCUT2D eigenvalue weighted by atomic mass is 10.1. The molecule has 2 amide bonds. The number of aryl methyl sites for hydroxylation is 1. The Hall–Kier alpha value is -3.48. The van der Waals surface area contributed by atoms with Crippen LogP contribution in [0.4, 0.5) is 0 Å². The van der Waals surface area contributed by atoms with Crippen molar-refractivity contribution in [2.75, 3.05) is 19.6 Å². The fourth-order valence-corrected chi connectivity index (χ4v) is 4.55. The second-order valence-electron chi connectivity index (χ2n) is 7.93. The number of aliphatic imine (C=N–C) groups is 1. The first-order chi connectivity index (χ1) is 17.1. The monoisotopic (exact) mass is 535 g/mol. The quantitative estimate of drug-likeness (QED) is 0.301. The number of halogens is 1. The molecular formula is C23H26ClN5O6S. The van der Waals surface area contributed by atoms with Crippen LogP contribution < -0.4 is 20.7 Å². The third-order valence-corrected chi connectivity index (χ3v) is 6.94. The highest BCUT2D eigenvalue weighted by Gasteiger charge is 2.26. The molecule has 0 saturated carbocycles. The van der Waals surface area contributed by atoms with Gasteiger partial charge in [0, 0.05) is 36.6 Å². The maximum atomic E-state index is 12.5. The van der Waals surface area contributed by atoms with Gasteiger partial charge in [-0.2, -0.15) is 4.72 Å². The lowest BCUT2D eigenvalue weighted by Gasteiger charge is -2.16. The minimum absolute atomic E-state index is 0.156. The van der Waals surface area contributed by atoms with E-state index in [0.29, 0.717) is 23.9 Å². The number of rotatable bonds is 10. The number of hydrogen-bond donors (Lipinski definition) is 5. The molecule has 2 aromatic rings. The predicted octanol–water partition coefficient (Wildman–Crippen LogP) is 0.900. The third-order valence-electron chi connectivity index (χ3n) is 5.20. The van der Waals surface area contributed by atoms with Crippen molar-refractivity contribution in [1.29, 1.82) is 0 Å². The van der Waals surface area contributed by atoms with E-state index >= 15 is 0 Å². The highest BCUT2D eigenvalue weighted by atomic mass is 35.5. The number of sulfonamides is 1. The van der Waals surface area contributed by atoms with Gasteiger partial charge >= 0.3 is 5.97 Å². The van der Waals surface area contributed by atoms with E-state index in [0.717, 1.165) is 18.5 Å². The molecule has 0 fully saturated rings. The summed E-state index contributed by atoms with van der Waals surface area (Å²) in [4.78, 5) is 40.1. The van der Waals surface area contributed by atoms with Gasteiger partial charge in [0.05, 0.1) is 4.90 Å². The summed E-state index contributed by atoms with van der Waals surface area (Å²) < 4.78 is 27.0. The molecule has 0 radical (unpaired) electrons. The van der Waals surface area contributed by atoms with E-state index in [4.69, 9.17) is 11.6 Å². The predicted molar refractivity (Wildman–Crippen MR) is 133 cm³/mol. The van der Waals surface area contributed by atoms with E-state index in [1.165, 1.54) is 24.3 Å². The molecule has 5 N–H and O–H groups in total. The number of nitrogens with zero attached hydrogens (tertiary/aromatic N) is 1. The zero-order valence-corrected chi connectivity index (χ0v) is 20.7. The summed E-state index contributed by atoms with van der Waals surface area (Å²) in [6.45, 7) is 0.971. The fourth-order valence-electron chi connectivity index (χ4n) is 3.24.